The lowest BCUT2D eigenvalue weighted by atomic mass is 10.2. The molecule has 3 nitrogen and oxygen atoms in total. The van der Waals surface area contributed by atoms with Crippen molar-refractivity contribution in [1.82, 2.24) is 5.32 Å². The molecule has 0 saturated carbocycles. The van der Waals surface area contributed by atoms with Crippen LogP contribution in [0.5, 0.6) is 5.75 Å². The van der Waals surface area contributed by atoms with E-state index in [9.17, 15) is 0 Å². The van der Waals surface area contributed by atoms with Gasteiger partial charge in [-0.15, -0.1) is 11.3 Å². The van der Waals surface area contributed by atoms with Gasteiger partial charge in [0.15, 0.2) is 0 Å². The van der Waals surface area contributed by atoms with Crippen LogP contribution < -0.4 is 10.1 Å². The van der Waals surface area contributed by atoms with Crippen LogP contribution in [0.15, 0.2) is 41.8 Å². The summed E-state index contributed by atoms with van der Waals surface area (Å²) < 4.78 is 11.1. The minimum Gasteiger partial charge on any atom is -0.489 e. The van der Waals surface area contributed by atoms with Crippen LogP contribution in [-0.4, -0.2) is 19.3 Å². The molecule has 1 N–H and O–H groups in total. The third kappa shape index (κ3) is 3.82. The fraction of sp³-hybridized carbons (Fsp3) is 0.375. The Labute approximate surface area is 123 Å². The standard InChI is InChI=1S/C16H19NO2S/c1-2-4-15(5-3-1)19-10-13-8-16(20-12-13)9-17-14-6-7-18-11-14/h1-5,8,12,14,17H,6-7,9-11H2. The summed E-state index contributed by atoms with van der Waals surface area (Å²) >= 11 is 1.78. The highest BCUT2D eigenvalue weighted by atomic mass is 32.1. The summed E-state index contributed by atoms with van der Waals surface area (Å²) in [6.45, 7) is 3.28. The summed E-state index contributed by atoms with van der Waals surface area (Å²) in [5, 5.41) is 5.70. The minimum atomic E-state index is 0.515. The third-order valence-electron chi connectivity index (χ3n) is 3.35. The van der Waals surface area contributed by atoms with Crippen molar-refractivity contribution in [2.75, 3.05) is 13.2 Å². The highest BCUT2D eigenvalue weighted by molar-refractivity contribution is 7.10. The Kier molecular flexibility index (Phi) is 4.69. The summed E-state index contributed by atoms with van der Waals surface area (Å²) in [6.07, 6.45) is 1.12. The molecule has 0 radical (unpaired) electrons. The molecule has 2 heterocycles. The van der Waals surface area contributed by atoms with E-state index in [0.29, 0.717) is 12.6 Å². The van der Waals surface area contributed by atoms with E-state index in [1.165, 1.54) is 10.4 Å². The molecule has 3 rings (SSSR count). The number of hydrogen-bond acceptors (Lipinski definition) is 4. The fourth-order valence-corrected chi connectivity index (χ4v) is 3.04. The fourth-order valence-electron chi connectivity index (χ4n) is 2.22. The van der Waals surface area contributed by atoms with Gasteiger partial charge in [-0.05, 0) is 30.0 Å². The zero-order valence-corrected chi connectivity index (χ0v) is 12.2. The molecule has 0 aliphatic carbocycles. The van der Waals surface area contributed by atoms with Crippen LogP contribution in [0.1, 0.15) is 16.9 Å². The van der Waals surface area contributed by atoms with Crippen molar-refractivity contribution in [2.24, 2.45) is 0 Å². The van der Waals surface area contributed by atoms with Gasteiger partial charge in [0, 0.05) is 29.6 Å². The van der Waals surface area contributed by atoms with E-state index in [2.05, 4.69) is 16.8 Å². The Balaban J connectivity index is 1.46. The van der Waals surface area contributed by atoms with Crippen molar-refractivity contribution in [3.63, 3.8) is 0 Å². The van der Waals surface area contributed by atoms with E-state index in [0.717, 1.165) is 31.9 Å². The second-order valence-electron chi connectivity index (χ2n) is 4.96. The Morgan fingerprint density at radius 2 is 2.20 bits per heavy atom. The van der Waals surface area contributed by atoms with Crippen LogP contribution in [0.3, 0.4) is 0 Å². The van der Waals surface area contributed by atoms with E-state index in [1.54, 1.807) is 11.3 Å². The molecule has 1 unspecified atom stereocenters. The molecule has 1 atom stereocenters. The van der Waals surface area contributed by atoms with Crippen molar-refractivity contribution in [3.05, 3.63) is 52.2 Å². The maximum Gasteiger partial charge on any atom is 0.119 e. The lowest BCUT2D eigenvalue weighted by Gasteiger charge is -2.08. The van der Waals surface area contributed by atoms with Crippen LogP contribution in [0.25, 0.3) is 0 Å². The molecule has 0 spiro atoms. The number of ether oxygens (including phenoxy) is 2. The molecule has 0 amide bonds. The van der Waals surface area contributed by atoms with Gasteiger partial charge in [0.2, 0.25) is 0 Å². The Morgan fingerprint density at radius 3 is 3.00 bits per heavy atom. The Bertz CT molecular complexity index is 520. The summed E-state index contributed by atoms with van der Waals surface area (Å²) in [4.78, 5) is 1.35. The third-order valence-corrected chi connectivity index (χ3v) is 4.34. The second-order valence-corrected chi connectivity index (χ2v) is 5.96. The van der Waals surface area contributed by atoms with E-state index < -0.39 is 0 Å². The topological polar surface area (TPSA) is 30.5 Å². The summed E-state index contributed by atoms with van der Waals surface area (Å²) in [6, 6.07) is 12.7. The number of rotatable bonds is 6. The van der Waals surface area contributed by atoms with E-state index in [-0.39, 0.29) is 0 Å². The van der Waals surface area contributed by atoms with Gasteiger partial charge in [-0.3, -0.25) is 0 Å². The van der Waals surface area contributed by atoms with Crippen LogP contribution >= 0.6 is 11.3 Å². The van der Waals surface area contributed by atoms with Gasteiger partial charge >= 0.3 is 0 Å². The first-order valence-electron chi connectivity index (χ1n) is 6.95. The van der Waals surface area contributed by atoms with E-state index in [1.807, 2.05) is 30.3 Å². The lowest BCUT2D eigenvalue weighted by Crippen LogP contribution is -2.28. The first kappa shape index (κ1) is 13.6. The average Bonchev–Trinajstić information content (AvgIpc) is 3.16. The highest BCUT2D eigenvalue weighted by Gasteiger charge is 2.14. The van der Waals surface area contributed by atoms with Crippen molar-refractivity contribution < 1.29 is 9.47 Å². The number of benzene rings is 1. The predicted octanol–water partition coefficient (Wildman–Crippen LogP) is 3.21. The van der Waals surface area contributed by atoms with Gasteiger partial charge in [0.25, 0.3) is 0 Å². The molecule has 2 aromatic rings. The lowest BCUT2D eigenvalue weighted by molar-refractivity contribution is 0.190. The smallest absolute Gasteiger partial charge is 0.119 e. The van der Waals surface area contributed by atoms with Gasteiger partial charge in [-0.1, -0.05) is 18.2 Å². The number of para-hydroxylation sites is 1. The van der Waals surface area contributed by atoms with Crippen LogP contribution in [0.4, 0.5) is 0 Å². The quantitative estimate of drug-likeness (QED) is 0.886. The Morgan fingerprint density at radius 1 is 1.30 bits per heavy atom. The van der Waals surface area contributed by atoms with Gasteiger partial charge < -0.3 is 14.8 Å². The second kappa shape index (κ2) is 6.88. The van der Waals surface area contributed by atoms with Crippen molar-refractivity contribution in [3.8, 4) is 5.75 Å². The van der Waals surface area contributed by atoms with Crippen molar-refractivity contribution in [1.29, 1.82) is 0 Å². The number of thiophene rings is 1. The first-order chi connectivity index (χ1) is 9.90. The van der Waals surface area contributed by atoms with Gasteiger partial charge in [0.1, 0.15) is 12.4 Å². The molecule has 20 heavy (non-hydrogen) atoms. The number of hydrogen-bond donors (Lipinski definition) is 1. The normalized spacial score (nSPS) is 18.3. The molecule has 106 valence electrons. The monoisotopic (exact) mass is 289 g/mol. The van der Waals surface area contributed by atoms with Gasteiger partial charge in [-0.25, -0.2) is 0 Å². The first-order valence-corrected chi connectivity index (χ1v) is 7.83. The molecular formula is C16H19NO2S. The Hall–Kier alpha value is -1.36. The van der Waals surface area contributed by atoms with Crippen LogP contribution in [-0.2, 0) is 17.9 Å². The summed E-state index contributed by atoms with van der Waals surface area (Å²) in [5.74, 6) is 0.918. The predicted molar refractivity (Wildman–Crippen MR) is 81.2 cm³/mol. The van der Waals surface area contributed by atoms with E-state index in [4.69, 9.17) is 9.47 Å². The van der Waals surface area contributed by atoms with Gasteiger partial charge in [0.05, 0.1) is 6.61 Å². The SMILES string of the molecule is c1ccc(OCc2csc(CNC3CCOC3)c2)cc1. The molecule has 4 heteroatoms. The van der Waals surface area contributed by atoms with Crippen molar-refractivity contribution in [2.45, 2.75) is 25.6 Å². The van der Waals surface area contributed by atoms with Crippen LogP contribution in [0, 0.1) is 0 Å². The molecule has 1 aliphatic rings. The summed E-state index contributed by atoms with van der Waals surface area (Å²) in [5.41, 5.74) is 1.23. The molecule has 1 aromatic carbocycles. The molecule has 1 fully saturated rings. The number of nitrogens with one attached hydrogen (secondary N) is 1. The minimum absolute atomic E-state index is 0.515. The van der Waals surface area contributed by atoms with Gasteiger partial charge in [-0.2, -0.15) is 0 Å². The molecule has 1 aliphatic heterocycles. The molecule has 0 bridgehead atoms. The molecule has 1 aromatic heterocycles. The van der Waals surface area contributed by atoms with E-state index >= 15 is 0 Å². The average molecular weight is 289 g/mol. The highest BCUT2D eigenvalue weighted by Crippen LogP contribution is 2.18. The largest absolute Gasteiger partial charge is 0.489 e. The zero-order valence-electron chi connectivity index (χ0n) is 11.4. The molecule has 1 saturated heterocycles. The maximum absolute atomic E-state index is 5.75. The van der Waals surface area contributed by atoms with Crippen molar-refractivity contribution >= 4 is 11.3 Å². The summed E-state index contributed by atoms with van der Waals surface area (Å²) in [7, 11) is 0. The van der Waals surface area contributed by atoms with Crippen LogP contribution in [0.2, 0.25) is 0 Å². The zero-order chi connectivity index (χ0) is 13.6. The molecular weight excluding hydrogens is 270 g/mol. The maximum atomic E-state index is 5.75.